The van der Waals surface area contributed by atoms with Crippen LogP contribution in [0.15, 0.2) is 47.6 Å². The molecular weight excluding hydrogens is 358 g/mol. The zero-order valence-corrected chi connectivity index (χ0v) is 16.5. The van der Waals surface area contributed by atoms with Gasteiger partial charge >= 0.3 is 0 Å². The number of carbonyl (C=O) groups excluding carboxylic acids is 2. The molecule has 0 fully saturated rings. The Morgan fingerprint density at radius 1 is 1.00 bits per heavy atom. The summed E-state index contributed by atoms with van der Waals surface area (Å²) in [5.41, 5.74) is 5.49. The molecule has 0 heterocycles. The molecule has 0 aliphatic carbocycles. The lowest BCUT2D eigenvalue weighted by atomic mass is 10.1. The Morgan fingerprint density at radius 3 is 2.39 bits per heavy atom. The van der Waals surface area contributed by atoms with E-state index in [1.54, 1.807) is 32.2 Å². The number of hydrogen-bond donors (Lipinski definition) is 2. The first kappa shape index (κ1) is 21.0. The van der Waals surface area contributed by atoms with E-state index in [-0.39, 0.29) is 24.7 Å². The number of anilines is 1. The molecule has 2 amide bonds. The molecule has 0 spiro atoms. The first-order valence-corrected chi connectivity index (χ1v) is 8.81. The molecule has 0 aromatic heterocycles. The average Bonchev–Trinajstić information content (AvgIpc) is 2.68. The zero-order chi connectivity index (χ0) is 20.5. The van der Waals surface area contributed by atoms with Crippen molar-refractivity contribution in [3.8, 4) is 11.5 Å². The van der Waals surface area contributed by atoms with E-state index < -0.39 is 0 Å². The summed E-state index contributed by atoms with van der Waals surface area (Å²) in [6, 6.07) is 12.8. The molecule has 2 aromatic carbocycles. The van der Waals surface area contributed by atoms with Crippen LogP contribution in [0, 0.1) is 6.92 Å². The third-order valence-corrected chi connectivity index (χ3v) is 4.02. The van der Waals surface area contributed by atoms with Crippen LogP contribution in [0.3, 0.4) is 0 Å². The van der Waals surface area contributed by atoms with E-state index in [2.05, 4.69) is 15.8 Å². The summed E-state index contributed by atoms with van der Waals surface area (Å²) < 4.78 is 10.4. The van der Waals surface area contributed by atoms with E-state index in [9.17, 15) is 9.59 Å². The van der Waals surface area contributed by atoms with Gasteiger partial charge in [0.05, 0.1) is 27.1 Å². The lowest BCUT2D eigenvalue weighted by molar-refractivity contribution is -0.120. The highest BCUT2D eigenvalue weighted by Crippen LogP contribution is 2.27. The number of hydrazone groups is 1. The predicted molar refractivity (Wildman–Crippen MR) is 109 cm³/mol. The van der Waals surface area contributed by atoms with Crippen LogP contribution in [0.4, 0.5) is 5.69 Å². The van der Waals surface area contributed by atoms with Crippen molar-refractivity contribution in [2.75, 3.05) is 19.5 Å². The van der Waals surface area contributed by atoms with Crippen molar-refractivity contribution >= 4 is 23.2 Å². The summed E-state index contributed by atoms with van der Waals surface area (Å²) in [5, 5.41) is 6.83. The summed E-state index contributed by atoms with van der Waals surface area (Å²) in [7, 11) is 3.09. The Morgan fingerprint density at radius 2 is 1.71 bits per heavy atom. The van der Waals surface area contributed by atoms with Crippen LogP contribution in [0.2, 0.25) is 0 Å². The van der Waals surface area contributed by atoms with Gasteiger partial charge in [0.1, 0.15) is 0 Å². The first-order valence-electron chi connectivity index (χ1n) is 8.81. The molecule has 2 N–H and O–H groups in total. The fourth-order valence-corrected chi connectivity index (χ4v) is 2.55. The smallest absolute Gasteiger partial charge is 0.244 e. The van der Waals surface area contributed by atoms with Crippen molar-refractivity contribution in [1.82, 2.24) is 5.43 Å². The molecule has 0 saturated heterocycles. The SMILES string of the molecule is COc1ccc(CC(=O)NN=C(C)CC(=O)Nc2ccccc2C)cc1OC. The molecule has 7 nitrogen and oxygen atoms in total. The minimum Gasteiger partial charge on any atom is -0.493 e. The molecule has 148 valence electrons. The van der Waals surface area contributed by atoms with Gasteiger partial charge in [-0.1, -0.05) is 24.3 Å². The van der Waals surface area contributed by atoms with Crippen molar-refractivity contribution in [3.05, 3.63) is 53.6 Å². The minimum atomic E-state index is -0.286. The van der Waals surface area contributed by atoms with Gasteiger partial charge in [-0.05, 0) is 43.2 Å². The lowest BCUT2D eigenvalue weighted by Crippen LogP contribution is -2.23. The molecule has 0 aliphatic rings. The van der Waals surface area contributed by atoms with Crippen molar-refractivity contribution in [1.29, 1.82) is 0 Å². The highest BCUT2D eigenvalue weighted by atomic mass is 16.5. The van der Waals surface area contributed by atoms with Gasteiger partial charge in [0.2, 0.25) is 11.8 Å². The predicted octanol–water partition coefficient (Wildman–Crippen LogP) is 3.08. The van der Waals surface area contributed by atoms with E-state index in [1.165, 1.54) is 7.11 Å². The average molecular weight is 383 g/mol. The molecule has 2 aromatic rings. The molecule has 2 rings (SSSR count). The Hall–Kier alpha value is -3.35. The number of benzene rings is 2. The summed E-state index contributed by atoms with van der Waals surface area (Å²) in [6.45, 7) is 3.61. The monoisotopic (exact) mass is 383 g/mol. The number of carbonyl (C=O) groups is 2. The Balaban J connectivity index is 1.87. The van der Waals surface area contributed by atoms with Crippen LogP contribution in [-0.4, -0.2) is 31.7 Å². The summed E-state index contributed by atoms with van der Waals surface area (Å²) >= 11 is 0. The Bertz CT molecular complexity index is 878. The summed E-state index contributed by atoms with van der Waals surface area (Å²) in [4.78, 5) is 24.2. The topological polar surface area (TPSA) is 89.0 Å². The number of para-hydroxylation sites is 1. The Labute approximate surface area is 164 Å². The van der Waals surface area contributed by atoms with E-state index in [4.69, 9.17) is 9.47 Å². The van der Waals surface area contributed by atoms with Crippen LogP contribution < -0.4 is 20.2 Å². The fraction of sp³-hybridized carbons (Fsp3) is 0.286. The fourth-order valence-electron chi connectivity index (χ4n) is 2.55. The number of aryl methyl sites for hydroxylation is 1. The number of nitrogens with zero attached hydrogens (tertiary/aromatic N) is 1. The summed E-state index contributed by atoms with van der Waals surface area (Å²) in [6.07, 6.45) is 0.220. The van der Waals surface area contributed by atoms with Gasteiger partial charge in [0.15, 0.2) is 11.5 Å². The van der Waals surface area contributed by atoms with Crippen LogP contribution in [0.25, 0.3) is 0 Å². The molecular formula is C21H25N3O4. The van der Waals surface area contributed by atoms with Gasteiger partial charge in [-0.3, -0.25) is 9.59 Å². The quantitative estimate of drug-likeness (QED) is 0.542. The highest BCUT2D eigenvalue weighted by Gasteiger charge is 2.09. The standard InChI is InChI=1S/C21H25N3O4/c1-14-7-5-6-8-17(14)22-20(25)11-15(2)23-24-21(26)13-16-9-10-18(27-3)19(12-16)28-4/h5-10,12H,11,13H2,1-4H3,(H,22,25)(H,24,26). The zero-order valence-electron chi connectivity index (χ0n) is 16.5. The number of methoxy groups -OCH3 is 2. The molecule has 0 unspecified atom stereocenters. The molecule has 0 atom stereocenters. The maximum absolute atomic E-state index is 12.1. The van der Waals surface area contributed by atoms with E-state index in [0.717, 1.165) is 16.8 Å². The van der Waals surface area contributed by atoms with Gasteiger partial charge < -0.3 is 14.8 Å². The van der Waals surface area contributed by atoms with E-state index >= 15 is 0 Å². The lowest BCUT2D eigenvalue weighted by Gasteiger charge is -2.09. The number of ether oxygens (including phenoxy) is 2. The first-order chi connectivity index (χ1) is 13.4. The van der Waals surface area contributed by atoms with Crippen molar-refractivity contribution in [2.24, 2.45) is 5.10 Å². The van der Waals surface area contributed by atoms with Gasteiger partial charge in [-0.15, -0.1) is 0 Å². The largest absolute Gasteiger partial charge is 0.493 e. The highest BCUT2D eigenvalue weighted by molar-refractivity contribution is 6.06. The number of rotatable bonds is 8. The summed E-state index contributed by atoms with van der Waals surface area (Å²) in [5.74, 6) is 0.677. The van der Waals surface area contributed by atoms with Crippen LogP contribution in [0.1, 0.15) is 24.5 Å². The van der Waals surface area contributed by atoms with E-state index in [0.29, 0.717) is 17.2 Å². The third kappa shape index (κ3) is 6.12. The Kier molecular flexibility index (Phi) is 7.56. The van der Waals surface area contributed by atoms with Gasteiger partial charge in [0.25, 0.3) is 0 Å². The minimum absolute atomic E-state index is 0.0883. The number of hydrogen-bond acceptors (Lipinski definition) is 5. The maximum atomic E-state index is 12.1. The van der Waals surface area contributed by atoms with Crippen molar-refractivity contribution in [2.45, 2.75) is 26.7 Å². The van der Waals surface area contributed by atoms with Gasteiger partial charge in [0, 0.05) is 11.4 Å². The number of amides is 2. The van der Waals surface area contributed by atoms with Crippen LogP contribution >= 0.6 is 0 Å². The molecule has 7 heteroatoms. The molecule has 0 aliphatic heterocycles. The van der Waals surface area contributed by atoms with Gasteiger partial charge in [-0.25, -0.2) is 5.43 Å². The van der Waals surface area contributed by atoms with Crippen LogP contribution in [-0.2, 0) is 16.0 Å². The molecule has 0 radical (unpaired) electrons. The van der Waals surface area contributed by atoms with Crippen molar-refractivity contribution in [3.63, 3.8) is 0 Å². The molecule has 0 bridgehead atoms. The normalized spacial score (nSPS) is 10.9. The van der Waals surface area contributed by atoms with E-state index in [1.807, 2.05) is 31.2 Å². The van der Waals surface area contributed by atoms with Crippen molar-refractivity contribution < 1.29 is 19.1 Å². The molecule has 28 heavy (non-hydrogen) atoms. The third-order valence-electron chi connectivity index (χ3n) is 4.02. The number of nitrogens with one attached hydrogen (secondary N) is 2. The molecule has 0 saturated carbocycles. The van der Waals surface area contributed by atoms with Crippen LogP contribution in [0.5, 0.6) is 11.5 Å². The second-order valence-corrected chi connectivity index (χ2v) is 6.29. The second-order valence-electron chi connectivity index (χ2n) is 6.29. The second kappa shape index (κ2) is 10.1. The maximum Gasteiger partial charge on any atom is 0.244 e. The van der Waals surface area contributed by atoms with Gasteiger partial charge in [-0.2, -0.15) is 5.10 Å².